The Bertz CT molecular complexity index is 374. The lowest BCUT2D eigenvalue weighted by molar-refractivity contribution is -0.0558. The third kappa shape index (κ3) is 3.39. The lowest BCUT2D eigenvalue weighted by Crippen LogP contribution is -2.16. The van der Waals surface area contributed by atoms with Crippen LogP contribution < -0.4 is 0 Å². The topological polar surface area (TPSA) is 12.4 Å². The molecule has 0 aliphatic carbocycles. The maximum Gasteiger partial charge on any atom is 0.444 e. The minimum Gasteiger partial charge on any atom is -0.232 e. The van der Waals surface area contributed by atoms with Crippen molar-refractivity contribution >= 4 is 34.1 Å². The van der Waals surface area contributed by atoms with Gasteiger partial charge in [-0.1, -0.05) is 29.8 Å². The number of halogens is 5. The second-order valence-corrected chi connectivity index (χ2v) is 3.29. The Labute approximate surface area is 94.5 Å². The Morgan fingerprint density at radius 3 is 2.40 bits per heavy atom. The Morgan fingerprint density at radius 1 is 1.27 bits per heavy atom. The first kappa shape index (κ1) is 12.3. The summed E-state index contributed by atoms with van der Waals surface area (Å²) >= 11 is 10.5. The fraction of sp³-hybridized carbons (Fsp3) is 0.222. The van der Waals surface area contributed by atoms with Crippen LogP contribution in [-0.4, -0.2) is 11.3 Å². The summed E-state index contributed by atoms with van der Waals surface area (Å²) in [4.78, 5) is 3.27. The molecule has 0 aromatic heterocycles. The molecule has 0 N–H and O–H groups in total. The average molecular weight is 256 g/mol. The zero-order chi connectivity index (χ0) is 11.5. The number of hydrogen-bond acceptors (Lipinski definition) is 1. The smallest absolute Gasteiger partial charge is 0.232 e. The highest BCUT2D eigenvalue weighted by Gasteiger charge is 2.34. The van der Waals surface area contributed by atoms with Crippen molar-refractivity contribution in [2.45, 2.75) is 12.1 Å². The maximum atomic E-state index is 12.1. The van der Waals surface area contributed by atoms with E-state index in [0.29, 0.717) is 5.56 Å². The van der Waals surface area contributed by atoms with Gasteiger partial charge in [0, 0.05) is 5.88 Å². The molecule has 0 saturated heterocycles. The van der Waals surface area contributed by atoms with Gasteiger partial charge in [-0.3, -0.25) is 0 Å². The van der Waals surface area contributed by atoms with Crippen LogP contribution >= 0.6 is 23.2 Å². The summed E-state index contributed by atoms with van der Waals surface area (Å²) in [7, 11) is 0. The van der Waals surface area contributed by atoms with Gasteiger partial charge in [-0.2, -0.15) is 13.2 Å². The lowest BCUT2D eigenvalue weighted by atomic mass is 10.2. The van der Waals surface area contributed by atoms with Crippen LogP contribution in [0.15, 0.2) is 29.3 Å². The van der Waals surface area contributed by atoms with Crippen molar-refractivity contribution in [3.8, 4) is 0 Å². The molecule has 0 aliphatic rings. The van der Waals surface area contributed by atoms with Crippen molar-refractivity contribution in [1.29, 1.82) is 0 Å². The van der Waals surface area contributed by atoms with E-state index in [1.54, 1.807) is 18.2 Å². The van der Waals surface area contributed by atoms with E-state index in [4.69, 9.17) is 23.2 Å². The summed E-state index contributed by atoms with van der Waals surface area (Å²) in [5.74, 6) is 0.0850. The third-order valence-electron chi connectivity index (χ3n) is 1.59. The molecular formula is C9H6Cl2F3N. The predicted octanol–water partition coefficient (Wildman–Crippen LogP) is 4.26. The van der Waals surface area contributed by atoms with Crippen LogP contribution in [0.5, 0.6) is 0 Å². The minimum atomic E-state index is -4.62. The highest BCUT2D eigenvalue weighted by Crippen LogP contribution is 2.26. The van der Waals surface area contributed by atoms with E-state index in [1.165, 1.54) is 6.07 Å². The van der Waals surface area contributed by atoms with Gasteiger partial charge in [0.2, 0.25) is 5.17 Å². The van der Waals surface area contributed by atoms with Crippen LogP contribution in [-0.2, 0) is 5.88 Å². The van der Waals surface area contributed by atoms with Gasteiger partial charge in [-0.15, -0.1) is 11.6 Å². The van der Waals surface area contributed by atoms with Gasteiger partial charge in [0.05, 0.1) is 5.69 Å². The maximum absolute atomic E-state index is 12.1. The molecule has 1 rings (SSSR count). The average Bonchev–Trinajstić information content (AvgIpc) is 2.17. The van der Waals surface area contributed by atoms with Gasteiger partial charge in [-0.05, 0) is 11.6 Å². The minimum absolute atomic E-state index is 0.0850. The number of nitrogens with zero attached hydrogens (tertiary/aromatic N) is 1. The zero-order valence-corrected chi connectivity index (χ0v) is 8.87. The fourth-order valence-corrected chi connectivity index (χ4v) is 1.22. The lowest BCUT2D eigenvalue weighted by Gasteiger charge is -2.05. The molecule has 1 aromatic rings. The van der Waals surface area contributed by atoms with Gasteiger partial charge in [-0.25, -0.2) is 4.99 Å². The Morgan fingerprint density at radius 2 is 1.87 bits per heavy atom. The summed E-state index contributed by atoms with van der Waals surface area (Å²) < 4.78 is 36.2. The first-order valence-electron chi connectivity index (χ1n) is 3.90. The summed E-state index contributed by atoms with van der Waals surface area (Å²) in [6.45, 7) is 0. The molecule has 0 unspecified atom stereocenters. The molecule has 0 aliphatic heterocycles. The van der Waals surface area contributed by atoms with Crippen LogP contribution in [0.25, 0.3) is 0 Å². The van der Waals surface area contributed by atoms with Crippen LogP contribution in [0.3, 0.4) is 0 Å². The predicted molar refractivity (Wildman–Crippen MR) is 55.0 cm³/mol. The van der Waals surface area contributed by atoms with Crippen molar-refractivity contribution in [1.82, 2.24) is 0 Å². The van der Waals surface area contributed by atoms with E-state index in [9.17, 15) is 13.2 Å². The molecule has 15 heavy (non-hydrogen) atoms. The molecule has 0 heterocycles. The highest BCUT2D eigenvalue weighted by molar-refractivity contribution is 6.67. The monoisotopic (exact) mass is 255 g/mol. The molecule has 0 radical (unpaired) electrons. The first-order chi connectivity index (χ1) is 6.95. The zero-order valence-electron chi connectivity index (χ0n) is 7.35. The van der Waals surface area contributed by atoms with Gasteiger partial charge in [0.15, 0.2) is 0 Å². The number of aliphatic imine (C=N–C) groups is 1. The van der Waals surface area contributed by atoms with Gasteiger partial charge >= 0.3 is 6.18 Å². The van der Waals surface area contributed by atoms with E-state index >= 15 is 0 Å². The second-order valence-electron chi connectivity index (χ2n) is 2.66. The molecule has 0 spiro atoms. The SMILES string of the molecule is FC(F)(F)C(Cl)=Nc1ccccc1CCl. The van der Waals surface area contributed by atoms with Crippen LogP contribution in [0.1, 0.15) is 5.56 Å². The fourth-order valence-electron chi connectivity index (χ4n) is 0.902. The molecule has 1 aromatic carbocycles. The number of alkyl halides is 4. The summed E-state index contributed by atoms with van der Waals surface area (Å²) in [6.07, 6.45) is -4.62. The molecule has 0 amide bonds. The Kier molecular flexibility index (Phi) is 3.99. The van der Waals surface area contributed by atoms with E-state index in [2.05, 4.69) is 4.99 Å². The van der Waals surface area contributed by atoms with E-state index in [0.717, 1.165) is 0 Å². The van der Waals surface area contributed by atoms with Crippen molar-refractivity contribution in [3.63, 3.8) is 0 Å². The standard InChI is InChI=1S/C9H6Cl2F3N/c10-5-6-3-1-2-4-7(6)15-8(11)9(12,13)14/h1-4H,5H2. The van der Waals surface area contributed by atoms with Crippen molar-refractivity contribution in [2.24, 2.45) is 4.99 Å². The number of hydrogen-bond donors (Lipinski definition) is 0. The number of benzene rings is 1. The Hall–Kier alpha value is -0.740. The third-order valence-corrected chi connectivity index (χ3v) is 2.17. The van der Waals surface area contributed by atoms with E-state index in [-0.39, 0.29) is 11.6 Å². The largest absolute Gasteiger partial charge is 0.444 e. The van der Waals surface area contributed by atoms with Crippen molar-refractivity contribution < 1.29 is 13.2 Å². The molecule has 1 nitrogen and oxygen atoms in total. The summed E-state index contributed by atoms with van der Waals surface area (Å²) in [5, 5.41) is -1.40. The molecular weight excluding hydrogens is 250 g/mol. The summed E-state index contributed by atoms with van der Waals surface area (Å²) in [5.41, 5.74) is 0.636. The van der Waals surface area contributed by atoms with Gasteiger partial charge in [0.25, 0.3) is 0 Å². The van der Waals surface area contributed by atoms with Crippen LogP contribution in [0, 0.1) is 0 Å². The first-order valence-corrected chi connectivity index (χ1v) is 4.81. The number of rotatable bonds is 2. The van der Waals surface area contributed by atoms with Gasteiger partial charge < -0.3 is 0 Å². The summed E-state index contributed by atoms with van der Waals surface area (Å²) in [6, 6.07) is 6.24. The quantitative estimate of drug-likeness (QED) is 0.553. The van der Waals surface area contributed by atoms with Crippen molar-refractivity contribution in [2.75, 3.05) is 0 Å². The molecule has 0 bridgehead atoms. The molecule has 82 valence electrons. The molecule has 6 heteroatoms. The Balaban J connectivity index is 3.08. The van der Waals surface area contributed by atoms with Crippen LogP contribution in [0.2, 0.25) is 0 Å². The normalized spacial score (nSPS) is 13.0. The number of para-hydroxylation sites is 1. The van der Waals surface area contributed by atoms with Gasteiger partial charge in [0.1, 0.15) is 0 Å². The molecule has 0 atom stereocenters. The van der Waals surface area contributed by atoms with Crippen molar-refractivity contribution in [3.05, 3.63) is 29.8 Å². The second kappa shape index (κ2) is 4.86. The van der Waals surface area contributed by atoms with Crippen LogP contribution in [0.4, 0.5) is 18.9 Å². The molecule has 0 saturated carbocycles. The molecule has 0 fully saturated rings. The van der Waals surface area contributed by atoms with E-state index < -0.39 is 11.3 Å². The van der Waals surface area contributed by atoms with E-state index in [1.807, 2.05) is 0 Å². The highest BCUT2D eigenvalue weighted by atomic mass is 35.5.